The number of carbonyl (C=O) groups is 1. The maximum atomic E-state index is 12.3. The lowest BCUT2D eigenvalue weighted by Crippen LogP contribution is -2.22. The van der Waals surface area contributed by atoms with Crippen LogP contribution in [-0.4, -0.2) is 17.2 Å². The third-order valence-electron chi connectivity index (χ3n) is 4.04. The number of rotatable bonds is 8. The van der Waals surface area contributed by atoms with Gasteiger partial charge in [-0.1, -0.05) is 35.9 Å². The zero-order chi connectivity index (χ0) is 19.9. The number of halogens is 1. The molecule has 0 saturated heterocycles. The summed E-state index contributed by atoms with van der Waals surface area (Å²) >= 11 is 5.85. The summed E-state index contributed by atoms with van der Waals surface area (Å²) < 4.78 is 23.0. The number of ether oxygens (including phenoxy) is 1. The first-order valence-corrected chi connectivity index (χ1v) is 10.5. The van der Waals surface area contributed by atoms with Crippen LogP contribution >= 0.6 is 11.6 Å². The van der Waals surface area contributed by atoms with Crippen molar-refractivity contribution in [3.05, 3.63) is 88.3 Å². The maximum absolute atomic E-state index is 12.3. The third kappa shape index (κ3) is 5.71. The molecule has 146 valence electrons. The topological polar surface area (TPSA) is 68.5 Å². The summed E-state index contributed by atoms with van der Waals surface area (Å²) in [7, 11) is 0.459. The minimum absolute atomic E-state index is 0.201. The summed E-state index contributed by atoms with van der Waals surface area (Å²) in [6.45, 7) is 0.376. The van der Waals surface area contributed by atoms with Gasteiger partial charge in [0, 0.05) is 28.1 Å². The molecule has 0 aliphatic carbocycles. The number of amides is 1. The SMILES string of the molecule is COc1ccc(CNC(=O)c2ccc(C[S@](=O)Cc3ccc(Cl)cc3)o2)cc1. The molecule has 5 nitrogen and oxygen atoms in total. The Labute approximate surface area is 171 Å². The molecule has 28 heavy (non-hydrogen) atoms. The van der Waals surface area contributed by atoms with Crippen molar-refractivity contribution >= 4 is 28.3 Å². The average molecular weight is 418 g/mol. The van der Waals surface area contributed by atoms with Crippen LogP contribution in [0.15, 0.2) is 65.1 Å². The molecule has 0 spiro atoms. The van der Waals surface area contributed by atoms with Crippen molar-refractivity contribution in [2.24, 2.45) is 0 Å². The van der Waals surface area contributed by atoms with E-state index in [0.29, 0.717) is 23.1 Å². The Morgan fingerprint density at radius 2 is 1.68 bits per heavy atom. The molecule has 1 heterocycles. The number of nitrogens with one attached hydrogen (secondary N) is 1. The van der Waals surface area contributed by atoms with Crippen molar-refractivity contribution in [2.45, 2.75) is 18.1 Å². The number of hydrogen-bond acceptors (Lipinski definition) is 4. The molecule has 0 unspecified atom stereocenters. The minimum atomic E-state index is -1.15. The smallest absolute Gasteiger partial charge is 0.287 e. The lowest BCUT2D eigenvalue weighted by Gasteiger charge is -2.05. The van der Waals surface area contributed by atoms with Gasteiger partial charge in [-0.2, -0.15) is 0 Å². The standard InChI is InChI=1S/C21H20ClNO4S/c1-26-18-8-4-15(5-9-18)12-23-21(24)20-11-10-19(27-20)14-28(25)13-16-2-6-17(22)7-3-16/h2-11H,12-14H2,1H3,(H,23,24)/t28-/m1/s1. The van der Waals surface area contributed by atoms with Crippen LogP contribution in [0.3, 0.4) is 0 Å². The molecule has 0 bridgehead atoms. The highest BCUT2D eigenvalue weighted by molar-refractivity contribution is 7.83. The van der Waals surface area contributed by atoms with E-state index in [2.05, 4.69) is 5.32 Å². The van der Waals surface area contributed by atoms with Gasteiger partial charge in [0.2, 0.25) is 0 Å². The molecule has 2 aromatic carbocycles. The maximum Gasteiger partial charge on any atom is 0.287 e. The molecular formula is C21H20ClNO4S. The molecule has 3 aromatic rings. The summed E-state index contributed by atoms with van der Waals surface area (Å²) in [6.07, 6.45) is 0. The van der Waals surface area contributed by atoms with Crippen molar-refractivity contribution in [1.29, 1.82) is 0 Å². The third-order valence-corrected chi connectivity index (χ3v) is 5.56. The second kappa shape index (κ2) is 9.57. The Hall–Kier alpha value is -2.57. The molecule has 1 atom stereocenters. The number of carbonyl (C=O) groups excluding carboxylic acids is 1. The highest BCUT2D eigenvalue weighted by Crippen LogP contribution is 2.15. The van der Waals surface area contributed by atoms with E-state index in [9.17, 15) is 9.00 Å². The zero-order valence-electron chi connectivity index (χ0n) is 15.3. The Kier molecular flexibility index (Phi) is 6.90. The van der Waals surface area contributed by atoms with E-state index in [1.54, 1.807) is 31.4 Å². The molecule has 1 aromatic heterocycles. The Balaban J connectivity index is 1.51. The number of hydrogen-bond donors (Lipinski definition) is 1. The van der Waals surface area contributed by atoms with Gasteiger partial charge in [-0.15, -0.1) is 0 Å². The summed E-state index contributed by atoms with van der Waals surface area (Å²) in [5.74, 6) is 1.81. The molecule has 1 N–H and O–H groups in total. The van der Waals surface area contributed by atoms with Gasteiger partial charge in [0.05, 0.1) is 12.9 Å². The van der Waals surface area contributed by atoms with Crippen LogP contribution in [0.5, 0.6) is 5.75 Å². The zero-order valence-corrected chi connectivity index (χ0v) is 16.9. The Morgan fingerprint density at radius 1 is 1.00 bits per heavy atom. The molecule has 0 fully saturated rings. The van der Waals surface area contributed by atoms with Gasteiger partial charge in [-0.3, -0.25) is 9.00 Å². The molecule has 3 rings (SSSR count). The van der Waals surface area contributed by atoms with Crippen molar-refractivity contribution in [2.75, 3.05) is 7.11 Å². The van der Waals surface area contributed by atoms with Gasteiger partial charge in [0.15, 0.2) is 5.76 Å². The Bertz CT molecular complexity index is 951. The first kappa shape index (κ1) is 20.2. The fourth-order valence-electron chi connectivity index (χ4n) is 2.57. The normalized spacial score (nSPS) is 11.8. The number of furan rings is 1. The van der Waals surface area contributed by atoms with Crippen LogP contribution in [-0.2, 0) is 28.9 Å². The van der Waals surface area contributed by atoms with Crippen LogP contribution in [0.1, 0.15) is 27.4 Å². The summed E-state index contributed by atoms with van der Waals surface area (Å²) in [6, 6.07) is 17.9. The first-order valence-electron chi connectivity index (χ1n) is 8.63. The van der Waals surface area contributed by atoms with Crippen molar-refractivity contribution in [3.63, 3.8) is 0 Å². The summed E-state index contributed by atoms with van der Waals surface area (Å²) in [4.78, 5) is 12.2. The molecule has 1 amide bonds. The fraction of sp³-hybridized carbons (Fsp3) is 0.190. The van der Waals surface area contributed by atoms with E-state index in [4.69, 9.17) is 20.8 Å². The predicted octanol–water partition coefficient (Wildman–Crippen LogP) is 4.32. The van der Waals surface area contributed by atoms with E-state index in [1.165, 1.54) is 0 Å². The van der Waals surface area contributed by atoms with E-state index in [0.717, 1.165) is 16.9 Å². The van der Waals surface area contributed by atoms with Crippen molar-refractivity contribution in [3.8, 4) is 5.75 Å². The highest BCUT2D eigenvalue weighted by atomic mass is 35.5. The lowest BCUT2D eigenvalue weighted by atomic mass is 10.2. The van der Waals surface area contributed by atoms with Crippen LogP contribution in [0, 0.1) is 0 Å². The molecule has 0 radical (unpaired) electrons. The van der Waals surface area contributed by atoms with Gasteiger partial charge in [-0.25, -0.2) is 0 Å². The van der Waals surface area contributed by atoms with E-state index in [-0.39, 0.29) is 17.4 Å². The van der Waals surface area contributed by atoms with Gasteiger partial charge in [0.25, 0.3) is 5.91 Å². The summed E-state index contributed by atoms with van der Waals surface area (Å²) in [5, 5.41) is 3.45. The Morgan fingerprint density at radius 3 is 2.36 bits per heavy atom. The first-order chi connectivity index (χ1) is 13.5. The molecule has 0 aliphatic rings. The second-order valence-electron chi connectivity index (χ2n) is 6.15. The lowest BCUT2D eigenvalue weighted by molar-refractivity contribution is 0.0921. The fourth-order valence-corrected chi connectivity index (χ4v) is 3.83. The van der Waals surface area contributed by atoms with E-state index < -0.39 is 10.8 Å². The highest BCUT2D eigenvalue weighted by Gasteiger charge is 2.13. The largest absolute Gasteiger partial charge is 0.497 e. The molecule has 7 heteroatoms. The van der Waals surface area contributed by atoms with Gasteiger partial charge >= 0.3 is 0 Å². The van der Waals surface area contributed by atoms with Crippen LogP contribution in [0.25, 0.3) is 0 Å². The van der Waals surface area contributed by atoms with Gasteiger partial charge in [0.1, 0.15) is 11.5 Å². The molecule has 0 aliphatic heterocycles. The van der Waals surface area contributed by atoms with E-state index >= 15 is 0 Å². The van der Waals surface area contributed by atoms with E-state index in [1.807, 2.05) is 36.4 Å². The average Bonchev–Trinajstić information content (AvgIpc) is 3.16. The molecular weight excluding hydrogens is 398 g/mol. The quantitative estimate of drug-likeness (QED) is 0.592. The molecule has 0 saturated carbocycles. The monoisotopic (exact) mass is 417 g/mol. The van der Waals surface area contributed by atoms with Crippen molar-refractivity contribution in [1.82, 2.24) is 5.32 Å². The minimum Gasteiger partial charge on any atom is -0.497 e. The van der Waals surface area contributed by atoms with Crippen LogP contribution in [0.2, 0.25) is 5.02 Å². The van der Waals surface area contributed by atoms with Gasteiger partial charge < -0.3 is 14.5 Å². The van der Waals surface area contributed by atoms with Crippen LogP contribution < -0.4 is 10.1 Å². The van der Waals surface area contributed by atoms with Crippen molar-refractivity contribution < 1.29 is 18.2 Å². The predicted molar refractivity (Wildman–Crippen MR) is 110 cm³/mol. The summed E-state index contributed by atoms with van der Waals surface area (Å²) in [5.41, 5.74) is 1.89. The number of benzene rings is 2. The number of methoxy groups -OCH3 is 1. The van der Waals surface area contributed by atoms with Crippen LogP contribution in [0.4, 0.5) is 0 Å². The second-order valence-corrected chi connectivity index (χ2v) is 8.05. The van der Waals surface area contributed by atoms with Gasteiger partial charge in [-0.05, 0) is 47.5 Å².